The van der Waals surface area contributed by atoms with E-state index < -0.39 is 10.0 Å². The van der Waals surface area contributed by atoms with E-state index in [0.29, 0.717) is 17.2 Å². The van der Waals surface area contributed by atoms with Crippen molar-refractivity contribution in [3.63, 3.8) is 0 Å². The van der Waals surface area contributed by atoms with Crippen molar-refractivity contribution in [2.24, 2.45) is 0 Å². The molecule has 27 heavy (non-hydrogen) atoms. The van der Waals surface area contributed by atoms with Crippen LogP contribution in [0.2, 0.25) is 0 Å². The van der Waals surface area contributed by atoms with Crippen molar-refractivity contribution in [1.29, 1.82) is 0 Å². The number of sulfonamides is 1. The van der Waals surface area contributed by atoms with Crippen molar-refractivity contribution in [1.82, 2.24) is 4.72 Å². The van der Waals surface area contributed by atoms with Gasteiger partial charge in [-0.05, 0) is 23.1 Å². The maximum Gasteiger partial charge on any atom is 0.240 e. The fraction of sp³-hybridized carbons (Fsp3) is 0.400. The zero-order chi connectivity index (χ0) is 20.1. The lowest BCUT2D eigenvalue weighted by atomic mass is 9.87. The zero-order valence-corrected chi connectivity index (χ0v) is 17.2. The summed E-state index contributed by atoms with van der Waals surface area (Å²) in [5.74, 6) is 1.74. The third-order valence-corrected chi connectivity index (χ3v) is 5.50. The third-order valence-electron chi connectivity index (χ3n) is 4.02. The third kappa shape index (κ3) is 5.87. The summed E-state index contributed by atoms with van der Waals surface area (Å²) in [5.41, 5.74) is 1.05. The zero-order valence-electron chi connectivity index (χ0n) is 16.4. The second-order valence-corrected chi connectivity index (χ2v) is 8.84. The monoisotopic (exact) mass is 393 g/mol. The fourth-order valence-electron chi connectivity index (χ4n) is 2.43. The Kier molecular flexibility index (Phi) is 6.73. The van der Waals surface area contributed by atoms with Gasteiger partial charge >= 0.3 is 0 Å². The van der Waals surface area contributed by atoms with Crippen LogP contribution in [0.25, 0.3) is 0 Å². The van der Waals surface area contributed by atoms with Gasteiger partial charge in [0.1, 0.15) is 23.9 Å². The van der Waals surface area contributed by atoms with E-state index >= 15 is 0 Å². The van der Waals surface area contributed by atoms with Crippen LogP contribution in [0.5, 0.6) is 17.2 Å². The topological polar surface area (TPSA) is 73.9 Å². The molecule has 0 saturated carbocycles. The molecule has 2 rings (SSSR count). The first-order valence-electron chi connectivity index (χ1n) is 8.62. The highest BCUT2D eigenvalue weighted by atomic mass is 32.2. The molecule has 6 nitrogen and oxygen atoms in total. The first-order chi connectivity index (χ1) is 12.7. The van der Waals surface area contributed by atoms with Crippen LogP contribution in [0.4, 0.5) is 0 Å². The molecule has 0 aliphatic rings. The van der Waals surface area contributed by atoms with Crippen LogP contribution in [0.15, 0.2) is 47.4 Å². The van der Waals surface area contributed by atoms with Crippen LogP contribution in [0.1, 0.15) is 26.3 Å². The van der Waals surface area contributed by atoms with Gasteiger partial charge < -0.3 is 14.2 Å². The first-order valence-corrected chi connectivity index (χ1v) is 10.1. The Morgan fingerprint density at radius 1 is 0.889 bits per heavy atom. The number of hydrogen-bond donors (Lipinski definition) is 1. The van der Waals surface area contributed by atoms with Gasteiger partial charge in [-0.1, -0.05) is 32.9 Å². The number of hydrogen-bond acceptors (Lipinski definition) is 5. The Morgan fingerprint density at radius 3 is 1.89 bits per heavy atom. The predicted octanol–water partition coefficient (Wildman–Crippen LogP) is 3.36. The van der Waals surface area contributed by atoms with Gasteiger partial charge in [0.2, 0.25) is 10.0 Å². The van der Waals surface area contributed by atoms with Gasteiger partial charge in [0.05, 0.1) is 19.1 Å². The molecular formula is C20H27NO5S. The molecule has 0 spiro atoms. The van der Waals surface area contributed by atoms with Crippen LogP contribution < -0.4 is 18.9 Å². The maximum atomic E-state index is 12.4. The number of nitrogens with one attached hydrogen (secondary N) is 1. The molecule has 0 aliphatic carbocycles. The lowest BCUT2D eigenvalue weighted by Gasteiger charge is -2.19. The number of benzene rings is 2. The van der Waals surface area contributed by atoms with Crippen LogP contribution in [-0.4, -0.2) is 35.8 Å². The normalized spacial score (nSPS) is 11.9. The minimum absolute atomic E-state index is 0.0264. The Bertz CT molecular complexity index is 833. The van der Waals surface area contributed by atoms with Crippen molar-refractivity contribution in [2.75, 3.05) is 27.4 Å². The van der Waals surface area contributed by atoms with Crippen molar-refractivity contribution in [3.8, 4) is 17.2 Å². The summed E-state index contributed by atoms with van der Waals surface area (Å²) in [7, 11) is -0.476. The molecule has 0 saturated heterocycles. The Balaban J connectivity index is 1.94. The van der Waals surface area contributed by atoms with E-state index in [-0.39, 0.29) is 23.5 Å². The summed E-state index contributed by atoms with van der Waals surface area (Å²) < 4.78 is 43.3. The second kappa shape index (κ2) is 8.63. The van der Waals surface area contributed by atoms with E-state index in [1.165, 1.54) is 0 Å². The summed E-state index contributed by atoms with van der Waals surface area (Å²) in [4.78, 5) is 0.235. The maximum absolute atomic E-state index is 12.4. The number of rotatable bonds is 8. The molecule has 0 amide bonds. The predicted molar refractivity (Wildman–Crippen MR) is 105 cm³/mol. The highest BCUT2D eigenvalue weighted by Gasteiger charge is 2.17. The molecular weight excluding hydrogens is 366 g/mol. The number of ether oxygens (including phenoxy) is 3. The number of methoxy groups -OCH3 is 2. The van der Waals surface area contributed by atoms with Crippen LogP contribution in [0, 0.1) is 0 Å². The van der Waals surface area contributed by atoms with E-state index in [9.17, 15) is 8.42 Å². The van der Waals surface area contributed by atoms with Gasteiger partial charge in [-0.15, -0.1) is 0 Å². The Labute approximate surface area is 161 Å². The quantitative estimate of drug-likeness (QED) is 0.696. The van der Waals surface area contributed by atoms with Gasteiger partial charge in [-0.2, -0.15) is 0 Å². The summed E-state index contributed by atoms with van der Waals surface area (Å²) in [6.45, 7) is 6.57. The summed E-state index contributed by atoms with van der Waals surface area (Å²) in [6.07, 6.45) is 0. The van der Waals surface area contributed by atoms with E-state index in [1.54, 1.807) is 44.6 Å². The Morgan fingerprint density at radius 2 is 1.41 bits per heavy atom. The first kappa shape index (κ1) is 21.1. The molecule has 0 atom stereocenters. The van der Waals surface area contributed by atoms with Gasteiger partial charge in [-0.25, -0.2) is 13.1 Å². The highest BCUT2D eigenvalue weighted by molar-refractivity contribution is 7.89. The fourth-order valence-corrected chi connectivity index (χ4v) is 3.44. The molecule has 2 aromatic rings. The molecule has 2 aromatic carbocycles. The van der Waals surface area contributed by atoms with Crippen molar-refractivity contribution in [3.05, 3.63) is 48.0 Å². The minimum atomic E-state index is -3.58. The average Bonchev–Trinajstić information content (AvgIpc) is 2.64. The highest BCUT2D eigenvalue weighted by Crippen LogP contribution is 2.27. The second-order valence-electron chi connectivity index (χ2n) is 7.07. The molecule has 0 aromatic heterocycles. The SMILES string of the molecule is COc1cc(OC)cc(OCCNS(=O)(=O)c2ccc(C(C)(C)C)cc2)c1. The van der Waals surface area contributed by atoms with Crippen molar-refractivity contribution >= 4 is 10.0 Å². The molecule has 0 heterocycles. The molecule has 0 aliphatic heterocycles. The molecule has 0 bridgehead atoms. The molecule has 7 heteroatoms. The van der Waals surface area contributed by atoms with Gasteiger partial charge in [-0.3, -0.25) is 0 Å². The lowest BCUT2D eigenvalue weighted by molar-refractivity contribution is 0.316. The molecule has 0 radical (unpaired) electrons. The van der Waals surface area contributed by atoms with Gasteiger partial charge in [0.25, 0.3) is 0 Å². The smallest absolute Gasteiger partial charge is 0.240 e. The van der Waals surface area contributed by atoms with Gasteiger partial charge in [0, 0.05) is 24.7 Å². The lowest BCUT2D eigenvalue weighted by Crippen LogP contribution is -2.28. The van der Waals surface area contributed by atoms with Gasteiger partial charge in [0.15, 0.2) is 0 Å². The molecule has 148 valence electrons. The summed E-state index contributed by atoms with van der Waals surface area (Å²) in [5, 5.41) is 0. The Hall–Kier alpha value is -2.25. The van der Waals surface area contributed by atoms with Crippen molar-refractivity contribution < 1.29 is 22.6 Å². The average molecular weight is 394 g/mol. The minimum Gasteiger partial charge on any atom is -0.496 e. The van der Waals surface area contributed by atoms with E-state index in [2.05, 4.69) is 25.5 Å². The molecule has 1 N–H and O–H groups in total. The molecule has 0 fully saturated rings. The largest absolute Gasteiger partial charge is 0.496 e. The van der Waals surface area contributed by atoms with E-state index in [4.69, 9.17) is 14.2 Å². The van der Waals surface area contributed by atoms with Crippen LogP contribution in [0.3, 0.4) is 0 Å². The van der Waals surface area contributed by atoms with E-state index in [0.717, 1.165) is 5.56 Å². The van der Waals surface area contributed by atoms with E-state index in [1.807, 2.05) is 12.1 Å². The summed E-state index contributed by atoms with van der Waals surface area (Å²) in [6, 6.07) is 12.1. The molecule has 0 unspecified atom stereocenters. The summed E-state index contributed by atoms with van der Waals surface area (Å²) >= 11 is 0. The van der Waals surface area contributed by atoms with Crippen LogP contribution in [-0.2, 0) is 15.4 Å². The van der Waals surface area contributed by atoms with Crippen molar-refractivity contribution in [2.45, 2.75) is 31.1 Å². The standard InChI is InChI=1S/C20H27NO5S/c1-20(2,3)15-6-8-19(9-7-15)27(22,23)21-10-11-26-18-13-16(24-4)12-17(14-18)25-5/h6-9,12-14,21H,10-11H2,1-5H3. The van der Waals surface area contributed by atoms with Crippen LogP contribution >= 0.6 is 0 Å².